The smallest absolute Gasteiger partial charge is 0.132 e. The van der Waals surface area contributed by atoms with Gasteiger partial charge < -0.3 is 0 Å². The number of allylic oxidation sites excluding steroid dienone is 2. The molecule has 0 aliphatic heterocycles. The Bertz CT molecular complexity index is 873. The molecule has 0 amide bonds. The normalized spacial score (nSPS) is 12.4. The lowest BCUT2D eigenvalue weighted by Gasteiger charge is -2.09. The van der Waals surface area contributed by atoms with E-state index in [1.807, 2.05) is 67.5 Å². The quantitative estimate of drug-likeness (QED) is 0.619. The number of benzene rings is 1. The third-order valence-corrected chi connectivity index (χ3v) is 4.78. The first kappa shape index (κ1) is 28.6. The van der Waals surface area contributed by atoms with Crippen LogP contribution in [0.15, 0.2) is 23.8 Å². The summed E-state index contributed by atoms with van der Waals surface area (Å²) in [4.78, 5) is 11.4. The van der Waals surface area contributed by atoms with E-state index in [2.05, 4.69) is 30.7 Å². The van der Waals surface area contributed by atoms with Crippen LogP contribution in [-0.4, -0.2) is 5.78 Å². The highest BCUT2D eigenvalue weighted by molar-refractivity contribution is 5.78. The van der Waals surface area contributed by atoms with Gasteiger partial charge in [-0.25, -0.2) is 0 Å². The Morgan fingerprint density at radius 1 is 1.34 bits per heavy atom. The molecule has 1 aromatic carbocycles. The summed E-state index contributed by atoms with van der Waals surface area (Å²) in [5, 5.41) is 10.4. The molecule has 0 radical (unpaired) electrons. The van der Waals surface area contributed by atoms with Gasteiger partial charge in [0, 0.05) is 11.5 Å². The third-order valence-electron chi connectivity index (χ3n) is 4.78. The van der Waals surface area contributed by atoms with Crippen molar-refractivity contribution in [1.82, 2.24) is 0 Å². The van der Waals surface area contributed by atoms with Crippen molar-refractivity contribution in [2.75, 3.05) is 0 Å². The van der Waals surface area contributed by atoms with E-state index in [9.17, 15) is 4.79 Å². The van der Waals surface area contributed by atoms with Crippen molar-refractivity contribution in [2.24, 2.45) is 11.3 Å². The van der Waals surface area contributed by atoms with Crippen LogP contribution >= 0.6 is 0 Å². The number of carbonyl (C=O) groups excluding carboxylic acids is 1. The Balaban J connectivity index is 0. The van der Waals surface area contributed by atoms with E-state index < -0.39 is 0 Å². The molecular formula is C27H39NO. The molecule has 0 bridgehead atoms. The van der Waals surface area contributed by atoms with Gasteiger partial charge in [0.25, 0.3) is 0 Å². The van der Waals surface area contributed by atoms with Crippen LogP contribution in [-0.2, 0) is 11.2 Å². The summed E-state index contributed by atoms with van der Waals surface area (Å²) in [5.74, 6) is 2.90. The van der Waals surface area contributed by atoms with Crippen LogP contribution < -0.4 is 10.4 Å². The Kier molecular flexibility index (Phi) is 14.2. The number of rotatable bonds is 5. The maximum Gasteiger partial charge on any atom is 0.132 e. The van der Waals surface area contributed by atoms with Crippen LogP contribution in [0.25, 0.3) is 12.7 Å². The first-order valence-electron chi connectivity index (χ1n) is 10.4. The van der Waals surface area contributed by atoms with Crippen LogP contribution in [0.5, 0.6) is 0 Å². The lowest BCUT2D eigenvalue weighted by molar-refractivity contribution is -0.120. The number of ketones is 1. The zero-order chi connectivity index (χ0) is 23.2. The average molecular weight is 394 g/mol. The van der Waals surface area contributed by atoms with Crippen molar-refractivity contribution in [3.8, 4) is 18.4 Å². The zero-order valence-corrected chi connectivity index (χ0v) is 19.9. The minimum Gasteiger partial charge on any atom is -0.300 e. The molecule has 0 spiro atoms. The average Bonchev–Trinajstić information content (AvgIpc) is 2.71. The lowest BCUT2D eigenvalue weighted by Crippen LogP contribution is -2.27. The molecule has 2 heteroatoms. The van der Waals surface area contributed by atoms with E-state index in [-0.39, 0.29) is 17.1 Å². The van der Waals surface area contributed by atoms with E-state index >= 15 is 0 Å². The van der Waals surface area contributed by atoms with Crippen LogP contribution in [0.2, 0.25) is 0 Å². The Morgan fingerprint density at radius 2 is 1.90 bits per heavy atom. The summed E-state index contributed by atoms with van der Waals surface area (Å²) in [6.07, 6.45) is 11.0. The van der Waals surface area contributed by atoms with Gasteiger partial charge in [0.15, 0.2) is 0 Å². The van der Waals surface area contributed by atoms with Gasteiger partial charge in [0.2, 0.25) is 0 Å². The second kappa shape index (κ2) is 14.4. The highest BCUT2D eigenvalue weighted by Gasteiger charge is 2.11. The second-order valence-corrected chi connectivity index (χ2v) is 7.58. The van der Waals surface area contributed by atoms with Crippen LogP contribution in [0.3, 0.4) is 0 Å². The summed E-state index contributed by atoms with van der Waals surface area (Å²) in [5.41, 5.74) is 3.00. The third kappa shape index (κ3) is 11.1. The van der Waals surface area contributed by atoms with Crippen LogP contribution in [0.1, 0.15) is 72.9 Å². The maximum absolute atomic E-state index is 11.4. The van der Waals surface area contributed by atoms with Crippen molar-refractivity contribution in [2.45, 2.75) is 75.2 Å². The maximum atomic E-state index is 11.4. The molecule has 29 heavy (non-hydrogen) atoms. The number of nitriles is 1. The van der Waals surface area contributed by atoms with Crippen molar-refractivity contribution in [3.05, 3.63) is 45.3 Å². The minimum absolute atomic E-state index is 0.0340. The number of carbonyl (C=O) groups is 1. The molecular weight excluding hydrogens is 354 g/mol. The van der Waals surface area contributed by atoms with Gasteiger partial charge in [-0.1, -0.05) is 58.4 Å². The van der Waals surface area contributed by atoms with Crippen molar-refractivity contribution >= 4 is 18.4 Å². The molecule has 0 aromatic heterocycles. The van der Waals surface area contributed by atoms with Gasteiger partial charge >= 0.3 is 0 Å². The van der Waals surface area contributed by atoms with Crippen molar-refractivity contribution in [1.29, 1.82) is 5.26 Å². The number of aryl methyl sites for hydroxylation is 1. The van der Waals surface area contributed by atoms with Gasteiger partial charge in [0.05, 0.1) is 11.5 Å². The molecule has 1 unspecified atom stereocenters. The fourth-order valence-corrected chi connectivity index (χ4v) is 2.12. The number of nitrogens with zero attached hydrogens (tertiary/aromatic N) is 1. The second-order valence-electron chi connectivity index (χ2n) is 7.58. The molecule has 2 nitrogen and oxygen atoms in total. The highest BCUT2D eigenvalue weighted by Crippen LogP contribution is 2.16. The first-order valence-corrected chi connectivity index (χ1v) is 10.4. The molecule has 0 N–H and O–H groups in total. The van der Waals surface area contributed by atoms with E-state index in [0.717, 1.165) is 40.0 Å². The zero-order valence-electron chi connectivity index (χ0n) is 19.9. The summed E-state index contributed by atoms with van der Waals surface area (Å²) in [6.45, 7) is 21.5. The summed E-state index contributed by atoms with van der Waals surface area (Å²) >= 11 is 0. The topological polar surface area (TPSA) is 40.9 Å². The van der Waals surface area contributed by atoms with Gasteiger partial charge in [-0.05, 0) is 75.1 Å². The molecule has 0 aliphatic rings. The monoisotopic (exact) mass is 393 g/mol. The number of Topliss-reactive ketones (excluding diaryl/α,β-unsaturated/α-hetero) is 1. The van der Waals surface area contributed by atoms with E-state index in [1.165, 1.54) is 0 Å². The number of terminal acetylenes is 1. The number of hydrogen-bond acceptors (Lipinski definition) is 2. The largest absolute Gasteiger partial charge is 0.300 e. The SMILES string of the molecule is C#CC(/C=c1/cc(CC(C)C(C)=O)cc(C)c1=C)=C/C.CC.CCC(C)(C)C#N. The molecule has 0 saturated carbocycles. The molecule has 1 rings (SSSR count). The molecule has 0 aliphatic carbocycles. The number of hydrogen-bond donors (Lipinski definition) is 0. The van der Waals surface area contributed by atoms with E-state index in [4.69, 9.17) is 11.7 Å². The van der Waals surface area contributed by atoms with Crippen LogP contribution in [0.4, 0.5) is 0 Å². The molecule has 0 heterocycles. The van der Waals surface area contributed by atoms with Crippen LogP contribution in [0, 0.1) is 41.9 Å². The predicted molar refractivity (Wildman–Crippen MR) is 128 cm³/mol. The molecule has 158 valence electrons. The molecule has 1 aromatic rings. The standard InChI is InChI=1S/C19H22O.C6H11N.C2H6/c1-7-17(8-2)11-19-12-18(9-13(3)15(19)5)10-14(4)16(6)20;1-4-6(2,3)5-7;1-2/h1,8-9,11-12,14H,5,10H2,2-4,6H3;4H2,1-3H3;1-2H3/b17-8-,19-11-;;. The molecule has 0 saturated heterocycles. The van der Waals surface area contributed by atoms with Gasteiger partial charge in [-0.3, -0.25) is 4.79 Å². The predicted octanol–water partition coefficient (Wildman–Crippen LogP) is 5.51. The van der Waals surface area contributed by atoms with Gasteiger partial charge in [-0.2, -0.15) is 5.26 Å². The van der Waals surface area contributed by atoms with Gasteiger partial charge in [0.1, 0.15) is 5.78 Å². The van der Waals surface area contributed by atoms with Gasteiger partial charge in [-0.15, -0.1) is 6.42 Å². The Labute approximate surface area is 179 Å². The van der Waals surface area contributed by atoms with Crippen molar-refractivity contribution < 1.29 is 4.79 Å². The highest BCUT2D eigenvalue weighted by atomic mass is 16.1. The Hall–Kier alpha value is -2.58. The Morgan fingerprint density at radius 3 is 2.24 bits per heavy atom. The van der Waals surface area contributed by atoms with E-state index in [1.54, 1.807) is 6.92 Å². The molecule has 1 atom stereocenters. The van der Waals surface area contributed by atoms with Crippen molar-refractivity contribution in [3.63, 3.8) is 0 Å². The minimum atomic E-state index is -0.111. The summed E-state index contributed by atoms with van der Waals surface area (Å²) < 4.78 is 0. The fraction of sp³-hybridized carbons (Fsp3) is 0.481. The summed E-state index contributed by atoms with van der Waals surface area (Å²) in [7, 11) is 0. The van der Waals surface area contributed by atoms with E-state index in [0.29, 0.717) is 0 Å². The fourth-order valence-electron chi connectivity index (χ4n) is 2.12. The first-order chi connectivity index (χ1) is 13.5. The summed E-state index contributed by atoms with van der Waals surface area (Å²) in [6, 6.07) is 6.37. The lowest BCUT2D eigenvalue weighted by atomic mass is 9.93. The molecule has 0 fully saturated rings.